The second-order valence-corrected chi connectivity index (χ2v) is 6.66. The molecule has 0 amide bonds. The molecule has 2 unspecified atom stereocenters. The minimum atomic E-state index is 0.762. The SMILES string of the molecule is CCC1CCCCN1CC1CSc2ccccc21. The van der Waals surface area contributed by atoms with Gasteiger partial charge in [0.25, 0.3) is 0 Å². The quantitative estimate of drug-likeness (QED) is 0.804. The summed E-state index contributed by atoms with van der Waals surface area (Å²) in [7, 11) is 0. The molecule has 2 aliphatic rings. The van der Waals surface area contributed by atoms with E-state index in [4.69, 9.17) is 0 Å². The van der Waals surface area contributed by atoms with Crippen LogP contribution in [0.5, 0.6) is 0 Å². The Morgan fingerprint density at radius 1 is 1.28 bits per heavy atom. The highest BCUT2D eigenvalue weighted by molar-refractivity contribution is 7.99. The average molecular weight is 261 g/mol. The van der Waals surface area contributed by atoms with Crippen LogP contribution in [-0.2, 0) is 0 Å². The van der Waals surface area contributed by atoms with Gasteiger partial charge in [0, 0.05) is 29.2 Å². The first-order valence-electron chi connectivity index (χ1n) is 7.34. The number of thioether (sulfide) groups is 1. The molecule has 1 saturated heterocycles. The van der Waals surface area contributed by atoms with E-state index < -0.39 is 0 Å². The van der Waals surface area contributed by atoms with Crippen LogP contribution in [0, 0.1) is 0 Å². The molecule has 0 aromatic heterocycles. The van der Waals surface area contributed by atoms with Gasteiger partial charge in [0.1, 0.15) is 0 Å². The largest absolute Gasteiger partial charge is 0.300 e. The summed E-state index contributed by atoms with van der Waals surface area (Å²) in [5.74, 6) is 2.05. The van der Waals surface area contributed by atoms with Crippen LogP contribution in [0.25, 0.3) is 0 Å². The molecule has 0 spiro atoms. The van der Waals surface area contributed by atoms with E-state index >= 15 is 0 Å². The van der Waals surface area contributed by atoms with Gasteiger partial charge in [0.2, 0.25) is 0 Å². The first-order chi connectivity index (χ1) is 8.88. The van der Waals surface area contributed by atoms with Crippen LogP contribution in [0.4, 0.5) is 0 Å². The monoisotopic (exact) mass is 261 g/mol. The van der Waals surface area contributed by atoms with E-state index in [0.29, 0.717) is 0 Å². The van der Waals surface area contributed by atoms with Crippen LogP contribution in [0.3, 0.4) is 0 Å². The van der Waals surface area contributed by atoms with Crippen molar-refractivity contribution in [1.29, 1.82) is 0 Å². The van der Waals surface area contributed by atoms with Gasteiger partial charge < -0.3 is 0 Å². The van der Waals surface area contributed by atoms with Crippen molar-refractivity contribution < 1.29 is 0 Å². The topological polar surface area (TPSA) is 3.24 Å². The summed E-state index contributed by atoms with van der Waals surface area (Å²) in [5, 5.41) is 0. The molecule has 0 aliphatic carbocycles. The predicted octanol–water partition coefficient (Wildman–Crippen LogP) is 4.14. The molecule has 18 heavy (non-hydrogen) atoms. The molecule has 0 N–H and O–H groups in total. The standard InChI is InChI=1S/C16H23NS/c1-2-14-7-5-6-10-17(14)11-13-12-18-16-9-4-3-8-15(13)16/h3-4,8-9,13-14H,2,5-7,10-12H2,1H3. The molecule has 2 heterocycles. The number of rotatable bonds is 3. The zero-order chi connectivity index (χ0) is 12.4. The molecule has 98 valence electrons. The molecule has 2 atom stereocenters. The molecule has 1 fully saturated rings. The zero-order valence-corrected chi connectivity index (χ0v) is 12.1. The Labute approximate surface area is 115 Å². The molecule has 0 radical (unpaired) electrons. The van der Waals surface area contributed by atoms with Gasteiger partial charge in [-0.3, -0.25) is 4.90 Å². The van der Waals surface area contributed by atoms with Gasteiger partial charge in [0.05, 0.1) is 0 Å². The van der Waals surface area contributed by atoms with Gasteiger partial charge in [-0.25, -0.2) is 0 Å². The van der Waals surface area contributed by atoms with Gasteiger partial charge >= 0.3 is 0 Å². The van der Waals surface area contributed by atoms with Gasteiger partial charge in [-0.15, -0.1) is 11.8 Å². The number of piperidine rings is 1. The van der Waals surface area contributed by atoms with Gasteiger partial charge in [-0.05, 0) is 37.4 Å². The highest BCUT2D eigenvalue weighted by atomic mass is 32.2. The molecule has 1 aromatic rings. The van der Waals surface area contributed by atoms with Crippen molar-refractivity contribution in [3.05, 3.63) is 29.8 Å². The zero-order valence-electron chi connectivity index (χ0n) is 11.3. The molecular formula is C16H23NS. The summed E-state index contributed by atoms with van der Waals surface area (Å²) >= 11 is 2.05. The third-order valence-corrected chi connectivity index (χ3v) is 5.73. The maximum atomic E-state index is 2.76. The van der Waals surface area contributed by atoms with Crippen LogP contribution in [0.1, 0.15) is 44.1 Å². The number of nitrogens with zero attached hydrogens (tertiary/aromatic N) is 1. The maximum absolute atomic E-state index is 2.76. The molecule has 3 rings (SSSR count). The van der Waals surface area contributed by atoms with Crippen LogP contribution >= 0.6 is 11.8 Å². The van der Waals surface area contributed by atoms with E-state index in [0.717, 1.165) is 12.0 Å². The summed E-state index contributed by atoms with van der Waals surface area (Å²) < 4.78 is 0. The summed E-state index contributed by atoms with van der Waals surface area (Å²) in [6.07, 6.45) is 5.57. The smallest absolute Gasteiger partial charge is 0.0108 e. The Bertz CT molecular complexity index is 404. The molecule has 0 saturated carbocycles. The Hall–Kier alpha value is -0.470. The van der Waals surface area contributed by atoms with Crippen LogP contribution in [0.2, 0.25) is 0 Å². The van der Waals surface area contributed by atoms with Crippen molar-refractivity contribution >= 4 is 11.8 Å². The summed E-state index contributed by atoms with van der Waals surface area (Å²) in [4.78, 5) is 4.28. The third-order valence-electron chi connectivity index (χ3n) is 4.47. The van der Waals surface area contributed by atoms with Gasteiger partial charge in [0.15, 0.2) is 0 Å². The second-order valence-electron chi connectivity index (χ2n) is 5.60. The van der Waals surface area contributed by atoms with Crippen molar-refractivity contribution in [2.24, 2.45) is 0 Å². The summed E-state index contributed by atoms with van der Waals surface area (Å²) in [5.41, 5.74) is 1.60. The lowest BCUT2D eigenvalue weighted by molar-refractivity contribution is 0.138. The summed E-state index contributed by atoms with van der Waals surface area (Å²) in [6, 6.07) is 9.84. The van der Waals surface area contributed by atoms with Crippen LogP contribution < -0.4 is 0 Å². The van der Waals surface area contributed by atoms with Gasteiger partial charge in [-0.2, -0.15) is 0 Å². The Morgan fingerprint density at radius 3 is 3.06 bits per heavy atom. The third kappa shape index (κ3) is 2.46. The number of fused-ring (bicyclic) bond motifs is 1. The molecule has 2 aliphatic heterocycles. The number of hydrogen-bond acceptors (Lipinski definition) is 2. The lowest BCUT2D eigenvalue weighted by Gasteiger charge is -2.36. The lowest BCUT2D eigenvalue weighted by Crippen LogP contribution is -2.41. The van der Waals surface area contributed by atoms with Crippen molar-refractivity contribution in [1.82, 2.24) is 4.90 Å². The van der Waals surface area contributed by atoms with E-state index in [-0.39, 0.29) is 0 Å². The van der Waals surface area contributed by atoms with Crippen molar-refractivity contribution in [2.45, 2.75) is 49.5 Å². The molecule has 0 bridgehead atoms. The first-order valence-corrected chi connectivity index (χ1v) is 8.33. The highest BCUT2D eigenvalue weighted by Gasteiger charge is 2.28. The fourth-order valence-electron chi connectivity index (χ4n) is 3.43. The minimum absolute atomic E-state index is 0.762. The minimum Gasteiger partial charge on any atom is -0.300 e. The van der Waals surface area contributed by atoms with E-state index in [1.165, 1.54) is 49.4 Å². The first kappa shape index (κ1) is 12.6. The molecular weight excluding hydrogens is 238 g/mol. The molecule has 2 heteroatoms. The van der Waals surface area contributed by atoms with Crippen LogP contribution in [-0.4, -0.2) is 29.8 Å². The fourth-order valence-corrected chi connectivity index (χ4v) is 4.67. The molecule has 1 aromatic carbocycles. The van der Waals surface area contributed by atoms with Gasteiger partial charge in [-0.1, -0.05) is 31.5 Å². The van der Waals surface area contributed by atoms with Crippen LogP contribution in [0.15, 0.2) is 29.2 Å². The van der Waals surface area contributed by atoms with Crippen molar-refractivity contribution in [3.63, 3.8) is 0 Å². The second kappa shape index (κ2) is 5.66. The summed E-state index contributed by atoms with van der Waals surface area (Å²) in [6.45, 7) is 4.95. The molecule has 1 nitrogen and oxygen atoms in total. The van der Waals surface area contributed by atoms with E-state index in [1.807, 2.05) is 11.8 Å². The van der Waals surface area contributed by atoms with E-state index in [9.17, 15) is 0 Å². The van der Waals surface area contributed by atoms with E-state index in [1.54, 1.807) is 5.56 Å². The Morgan fingerprint density at radius 2 is 2.17 bits per heavy atom. The number of likely N-dealkylation sites (tertiary alicyclic amines) is 1. The van der Waals surface area contributed by atoms with E-state index in [2.05, 4.69) is 36.1 Å². The normalized spacial score (nSPS) is 28.3. The van der Waals surface area contributed by atoms with Crippen molar-refractivity contribution in [2.75, 3.05) is 18.8 Å². The average Bonchev–Trinajstić information content (AvgIpc) is 2.83. The Kier molecular flexibility index (Phi) is 3.95. The number of benzene rings is 1. The number of hydrogen-bond donors (Lipinski definition) is 0. The fraction of sp³-hybridized carbons (Fsp3) is 0.625. The Balaban J connectivity index is 1.70. The highest BCUT2D eigenvalue weighted by Crippen LogP contribution is 2.40. The maximum Gasteiger partial charge on any atom is 0.0108 e. The predicted molar refractivity (Wildman–Crippen MR) is 79.4 cm³/mol. The van der Waals surface area contributed by atoms with Crippen molar-refractivity contribution in [3.8, 4) is 0 Å². The lowest BCUT2D eigenvalue weighted by atomic mass is 9.95.